The number of hydrogen-bond acceptors (Lipinski definition) is 6. The summed E-state index contributed by atoms with van der Waals surface area (Å²) in [7, 11) is -2.51. The number of rotatable bonds is 4. The molecule has 1 aliphatic rings. The first kappa shape index (κ1) is 19.4. The van der Waals surface area contributed by atoms with E-state index < -0.39 is 16.0 Å². The number of carbonyl (C=O) groups excluding carboxylic acids is 1. The molecule has 2 N–H and O–H groups in total. The zero-order valence-corrected chi connectivity index (χ0v) is 15.1. The molecule has 0 aromatic carbocycles. The van der Waals surface area contributed by atoms with Gasteiger partial charge in [-0.05, 0) is 17.7 Å². The van der Waals surface area contributed by atoms with Crippen molar-refractivity contribution in [2.45, 2.75) is 10.9 Å². The van der Waals surface area contributed by atoms with Crippen molar-refractivity contribution in [1.82, 2.24) is 19.6 Å². The average molecular weight is 387 g/mol. The lowest BCUT2D eigenvalue weighted by molar-refractivity contribution is 0.0594. The Bertz CT molecular complexity index is 825. The first-order chi connectivity index (χ1) is 11.5. The van der Waals surface area contributed by atoms with E-state index in [-0.39, 0.29) is 29.0 Å². The Balaban J connectivity index is 0.00000225. The van der Waals surface area contributed by atoms with E-state index in [2.05, 4.69) is 20.0 Å². The molecule has 1 aliphatic heterocycles. The number of methoxy groups -OCH3 is 1. The number of aromatic nitrogens is 2. The largest absolute Gasteiger partial charge is 0.464 e. The van der Waals surface area contributed by atoms with Crippen molar-refractivity contribution in [1.29, 1.82) is 0 Å². The van der Waals surface area contributed by atoms with Crippen LogP contribution in [0.3, 0.4) is 0 Å². The molecule has 25 heavy (non-hydrogen) atoms. The Kier molecular flexibility index (Phi) is 6.17. The molecule has 0 amide bonds. The molecule has 8 nitrogen and oxygen atoms in total. The maximum Gasteiger partial charge on any atom is 0.354 e. The van der Waals surface area contributed by atoms with Gasteiger partial charge in [0, 0.05) is 38.2 Å². The van der Waals surface area contributed by atoms with E-state index in [0.717, 1.165) is 5.56 Å². The van der Waals surface area contributed by atoms with Crippen molar-refractivity contribution in [3.05, 3.63) is 48.0 Å². The Morgan fingerprint density at radius 1 is 1.44 bits per heavy atom. The van der Waals surface area contributed by atoms with Crippen LogP contribution in [0.2, 0.25) is 0 Å². The molecule has 0 spiro atoms. The van der Waals surface area contributed by atoms with Crippen molar-refractivity contribution in [2.24, 2.45) is 0 Å². The number of pyridine rings is 1. The van der Waals surface area contributed by atoms with Crippen LogP contribution < -0.4 is 5.32 Å². The van der Waals surface area contributed by atoms with E-state index >= 15 is 0 Å². The lowest BCUT2D eigenvalue weighted by Crippen LogP contribution is -2.48. The predicted molar refractivity (Wildman–Crippen MR) is 93.1 cm³/mol. The topological polar surface area (TPSA) is 104 Å². The monoisotopic (exact) mass is 386 g/mol. The molecule has 2 aromatic heterocycles. The van der Waals surface area contributed by atoms with Gasteiger partial charge < -0.3 is 15.0 Å². The van der Waals surface area contributed by atoms with E-state index in [1.54, 1.807) is 18.5 Å². The number of hydrogen-bond donors (Lipinski definition) is 2. The average Bonchev–Trinajstić information content (AvgIpc) is 3.13. The second-order valence-electron chi connectivity index (χ2n) is 5.36. The lowest BCUT2D eigenvalue weighted by atomic mass is 10.1. The normalized spacial score (nSPS) is 18.4. The van der Waals surface area contributed by atoms with Gasteiger partial charge in [0.2, 0.25) is 10.0 Å². The summed E-state index contributed by atoms with van der Waals surface area (Å²) in [5.74, 6) is -0.611. The lowest BCUT2D eigenvalue weighted by Gasteiger charge is -2.35. The summed E-state index contributed by atoms with van der Waals surface area (Å²) in [6.45, 7) is 1.39. The molecule has 0 aliphatic carbocycles. The van der Waals surface area contributed by atoms with Crippen LogP contribution in [-0.2, 0) is 14.8 Å². The summed E-state index contributed by atoms with van der Waals surface area (Å²) in [6.07, 6.45) is 4.62. The first-order valence-corrected chi connectivity index (χ1v) is 8.87. The molecule has 1 fully saturated rings. The highest BCUT2D eigenvalue weighted by molar-refractivity contribution is 7.89. The van der Waals surface area contributed by atoms with Gasteiger partial charge in [-0.15, -0.1) is 12.4 Å². The number of halogens is 1. The van der Waals surface area contributed by atoms with E-state index in [9.17, 15) is 13.2 Å². The molecule has 1 unspecified atom stereocenters. The number of piperazine rings is 1. The smallest absolute Gasteiger partial charge is 0.354 e. The van der Waals surface area contributed by atoms with Crippen LogP contribution in [0.5, 0.6) is 0 Å². The SMILES string of the molecule is COC(=O)c1cc(S(=O)(=O)N2CCNCC2c2cccnc2)c[nH]1.Cl. The minimum absolute atomic E-state index is 0. The minimum atomic E-state index is -3.75. The molecule has 1 atom stereocenters. The highest BCUT2D eigenvalue weighted by Crippen LogP contribution is 2.28. The van der Waals surface area contributed by atoms with E-state index in [1.807, 2.05) is 6.07 Å². The summed E-state index contributed by atoms with van der Waals surface area (Å²) in [6, 6.07) is 4.57. The summed E-state index contributed by atoms with van der Waals surface area (Å²) in [5.41, 5.74) is 0.918. The molecule has 3 rings (SSSR count). The number of nitrogens with zero attached hydrogens (tertiary/aromatic N) is 2. The van der Waals surface area contributed by atoms with E-state index in [0.29, 0.717) is 19.6 Å². The molecule has 10 heteroatoms. The van der Waals surface area contributed by atoms with Crippen molar-refractivity contribution < 1.29 is 17.9 Å². The van der Waals surface area contributed by atoms with Gasteiger partial charge >= 0.3 is 5.97 Å². The molecular weight excluding hydrogens is 368 g/mol. The van der Waals surface area contributed by atoms with Crippen LogP contribution in [-0.4, -0.2) is 55.4 Å². The Labute approximate surface area is 152 Å². The number of H-pyrrole nitrogens is 1. The van der Waals surface area contributed by atoms with Crippen molar-refractivity contribution in [3.8, 4) is 0 Å². The predicted octanol–water partition coefficient (Wildman–Crippen LogP) is 0.953. The molecule has 1 saturated heterocycles. The standard InChI is InChI=1S/C15H18N4O4S.ClH/c1-23-15(20)13-7-12(9-18-13)24(21,22)19-6-5-17-10-14(19)11-3-2-4-16-8-11;/h2-4,7-9,14,17-18H,5-6,10H2,1H3;1H. The molecular formula is C15H19ClN4O4S. The van der Waals surface area contributed by atoms with Gasteiger partial charge in [-0.2, -0.15) is 4.31 Å². The van der Waals surface area contributed by atoms with Crippen molar-refractivity contribution >= 4 is 28.4 Å². The van der Waals surface area contributed by atoms with Crippen molar-refractivity contribution in [3.63, 3.8) is 0 Å². The number of carbonyl (C=O) groups is 1. The van der Waals surface area contributed by atoms with Gasteiger partial charge in [0.05, 0.1) is 13.2 Å². The van der Waals surface area contributed by atoms with Crippen LogP contribution in [0, 0.1) is 0 Å². The molecule has 2 aromatic rings. The van der Waals surface area contributed by atoms with Gasteiger partial charge in [0.1, 0.15) is 10.6 Å². The van der Waals surface area contributed by atoms with Gasteiger partial charge in [0.25, 0.3) is 0 Å². The zero-order chi connectivity index (χ0) is 17.2. The molecule has 136 valence electrons. The van der Waals surface area contributed by atoms with Gasteiger partial charge in [0.15, 0.2) is 0 Å². The quantitative estimate of drug-likeness (QED) is 0.758. The summed E-state index contributed by atoms with van der Waals surface area (Å²) in [4.78, 5) is 18.3. The first-order valence-electron chi connectivity index (χ1n) is 7.43. The minimum Gasteiger partial charge on any atom is -0.464 e. The fourth-order valence-electron chi connectivity index (χ4n) is 2.72. The third kappa shape index (κ3) is 3.84. The number of nitrogens with one attached hydrogen (secondary N) is 2. The third-order valence-corrected chi connectivity index (χ3v) is 5.82. The Morgan fingerprint density at radius 3 is 2.92 bits per heavy atom. The van der Waals surface area contributed by atoms with Crippen LogP contribution in [0.15, 0.2) is 41.7 Å². The molecule has 0 saturated carbocycles. The molecule has 3 heterocycles. The maximum absolute atomic E-state index is 13.0. The molecule has 0 bridgehead atoms. The fraction of sp³-hybridized carbons (Fsp3) is 0.333. The van der Waals surface area contributed by atoms with Crippen LogP contribution in [0.1, 0.15) is 22.1 Å². The van der Waals surface area contributed by atoms with Crippen molar-refractivity contribution in [2.75, 3.05) is 26.7 Å². The number of esters is 1. The van der Waals surface area contributed by atoms with E-state index in [4.69, 9.17) is 0 Å². The number of ether oxygens (including phenoxy) is 1. The molecule has 0 radical (unpaired) electrons. The Hall–Kier alpha value is -1.94. The second kappa shape index (κ2) is 7.96. The van der Waals surface area contributed by atoms with Gasteiger partial charge in [-0.1, -0.05) is 6.07 Å². The zero-order valence-electron chi connectivity index (χ0n) is 13.5. The van der Waals surface area contributed by atoms with Crippen LogP contribution >= 0.6 is 12.4 Å². The number of aromatic amines is 1. The van der Waals surface area contributed by atoms with Gasteiger partial charge in [-0.25, -0.2) is 13.2 Å². The third-order valence-electron chi connectivity index (χ3n) is 3.93. The maximum atomic E-state index is 13.0. The van der Waals surface area contributed by atoms with Crippen LogP contribution in [0.25, 0.3) is 0 Å². The summed E-state index contributed by atoms with van der Waals surface area (Å²) >= 11 is 0. The fourth-order valence-corrected chi connectivity index (χ4v) is 4.33. The second-order valence-corrected chi connectivity index (χ2v) is 7.25. The summed E-state index contributed by atoms with van der Waals surface area (Å²) < 4.78 is 32.0. The summed E-state index contributed by atoms with van der Waals surface area (Å²) in [5, 5.41) is 3.20. The van der Waals surface area contributed by atoms with Gasteiger partial charge in [-0.3, -0.25) is 4.98 Å². The number of sulfonamides is 1. The van der Waals surface area contributed by atoms with E-state index in [1.165, 1.54) is 23.7 Å². The van der Waals surface area contributed by atoms with Crippen LogP contribution in [0.4, 0.5) is 0 Å². The highest BCUT2D eigenvalue weighted by Gasteiger charge is 2.35. The highest BCUT2D eigenvalue weighted by atomic mass is 35.5. The Morgan fingerprint density at radius 2 is 2.24 bits per heavy atom.